The van der Waals surface area contributed by atoms with Crippen LogP contribution in [0.25, 0.3) is 11.3 Å². The van der Waals surface area contributed by atoms with E-state index in [1.165, 1.54) is 22.6 Å². The Balaban J connectivity index is 1.46. The van der Waals surface area contributed by atoms with Gasteiger partial charge in [-0.1, -0.05) is 30.6 Å². The van der Waals surface area contributed by atoms with Crippen molar-refractivity contribution in [2.45, 2.75) is 38.8 Å². The molecule has 3 heterocycles. The molecule has 0 saturated heterocycles. The Bertz CT molecular complexity index is 1060. The topological polar surface area (TPSA) is 75.4 Å². The molecule has 156 valence electrons. The quantitative estimate of drug-likeness (QED) is 0.645. The normalized spacial score (nSPS) is 14.3. The minimum Gasteiger partial charge on any atom is -0.355 e. The van der Waals surface area contributed by atoms with Crippen molar-refractivity contribution in [3.63, 3.8) is 0 Å². The third-order valence-corrected chi connectivity index (χ3v) is 6.21. The number of rotatable bonds is 6. The molecule has 30 heavy (non-hydrogen) atoms. The highest BCUT2D eigenvalue weighted by atomic mass is 32.1. The van der Waals surface area contributed by atoms with Crippen molar-refractivity contribution >= 4 is 23.2 Å². The monoisotopic (exact) mass is 427 g/mol. The van der Waals surface area contributed by atoms with Gasteiger partial charge in [0, 0.05) is 24.0 Å². The van der Waals surface area contributed by atoms with E-state index in [1.54, 1.807) is 34.4 Å². The molecule has 2 aromatic heterocycles. The first-order valence-electron chi connectivity index (χ1n) is 9.93. The molecule has 0 saturated carbocycles. The molecule has 0 spiro atoms. The van der Waals surface area contributed by atoms with Crippen molar-refractivity contribution in [2.75, 3.05) is 6.54 Å². The molecule has 3 aromatic rings. The van der Waals surface area contributed by atoms with Gasteiger partial charge in [0.1, 0.15) is 11.9 Å². The van der Waals surface area contributed by atoms with E-state index in [0.717, 1.165) is 12.8 Å². The minimum atomic E-state index is -0.642. The third-order valence-electron chi connectivity index (χ3n) is 5.18. The number of hydrogen-bond donors (Lipinski definition) is 1. The molecular formula is C22H22FN3O3S. The van der Waals surface area contributed by atoms with Crippen molar-refractivity contribution in [1.29, 1.82) is 0 Å². The predicted octanol–water partition coefficient (Wildman–Crippen LogP) is 4.03. The van der Waals surface area contributed by atoms with Gasteiger partial charge in [-0.25, -0.2) is 4.39 Å². The zero-order chi connectivity index (χ0) is 21.1. The maximum atomic E-state index is 14.0. The summed E-state index contributed by atoms with van der Waals surface area (Å²) in [7, 11) is 0. The molecule has 0 radical (unpaired) electrons. The number of benzene rings is 1. The first-order valence-corrected chi connectivity index (χ1v) is 10.8. The highest BCUT2D eigenvalue weighted by Gasteiger charge is 2.29. The van der Waals surface area contributed by atoms with Crippen molar-refractivity contribution in [3.8, 4) is 11.3 Å². The van der Waals surface area contributed by atoms with E-state index in [-0.39, 0.29) is 22.9 Å². The molecule has 1 aliphatic rings. The van der Waals surface area contributed by atoms with Crippen LogP contribution in [0.5, 0.6) is 0 Å². The summed E-state index contributed by atoms with van der Waals surface area (Å²) < 4.78 is 19.1. The third kappa shape index (κ3) is 4.14. The van der Waals surface area contributed by atoms with Gasteiger partial charge in [0.15, 0.2) is 11.5 Å². The number of nitrogens with zero attached hydrogens (tertiary/aromatic N) is 2. The van der Waals surface area contributed by atoms with Crippen LogP contribution in [0.1, 0.15) is 40.7 Å². The lowest BCUT2D eigenvalue weighted by Gasteiger charge is -2.30. The fourth-order valence-electron chi connectivity index (χ4n) is 3.61. The summed E-state index contributed by atoms with van der Waals surface area (Å²) in [6.45, 7) is 3.17. The van der Waals surface area contributed by atoms with Gasteiger partial charge < -0.3 is 14.7 Å². The molecule has 1 atom stereocenters. The second-order valence-corrected chi connectivity index (χ2v) is 8.25. The first kappa shape index (κ1) is 20.3. The number of thiophene rings is 1. The van der Waals surface area contributed by atoms with E-state index >= 15 is 0 Å². The fraction of sp³-hybridized carbons (Fsp3) is 0.318. The highest BCUT2D eigenvalue weighted by Crippen LogP contribution is 2.25. The van der Waals surface area contributed by atoms with Crippen LogP contribution in [0.4, 0.5) is 4.39 Å². The van der Waals surface area contributed by atoms with Gasteiger partial charge in [-0.15, -0.1) is 11.3 Å². The number of halogens is 1. The molecule has 1 aromatic carbocycles. The minimum absolute atomic E-state index is 0.0147. The number of carbonyl (C=O) groups is 2. The van der Waals surface area contributed by atoms with Crippen LogP contribution in [-0.2, 0) is 17.8 Å². The van der Waals surface area contributed by atoms with E-state index in [2.05, 4.69) is 10.5 Å². The summed E-state index contributed by atoms with van der Waals surface area (Å²) in [5.74, 6) is -0.906. The Hall–Kier alpha value is -3.00. The molecule has 1 aliphatic heterocycles. The molecule has 1 N–H and O–H groups in total. The van der Waals surface area contributed by atoms with E-state index in [0.29, 0.717) is 19.5 Å². The van der Waals surface area contributed by atoms with E-state index in [1.807, 2.05) is 18.4 Å². The molecule has 0 bridgehead atoms. The maximum absolute atomic E-state index is 14.0. The molecule has 4 rings (SSSR count). The van der Waals surface area contributed by atoms with Gasteiger partial charge in [0.25, 0.3) is 5.91 Å². The SMILES string of the molecule is CCCC(NC(=O)c1cc(-c2ccccc2F)on1)C(=O)N1CCc2sccc2C1. The second kappa shape index (κ2) is 8.79. The zero-order valence-corrected chi connectivity index (χ0v) is 17.4. The van der Waals surface area contributed by atoms with Crippen LogP contribution in [0.3, 0.4) is 0 Å². The lowest BCUT2D eigenvalue weighted by Crippen LogP contribution is -2.49. The Morgan fingerprint density at radius 3 is 2.97 bits per heavy atom. The van der Waals surface area contributed by atoms with Crippen molar-refractivity contribution in [1.82, 2.24) is 15.4 Å². The average molecular weight is 428 g/mol. The second-order valence-electron chi connectivity index (χ2n) is 7.25. The summed E-state index contributed by atoms with van der Waals surface area (Å²) in [5.41, 5.74) is 1.42. The van der Waals surface area contributed by atoms with Gasteiger partial charge in [0.2, 0.25) is 5.91 Å². The van der Waals surface area contributed by atoms with Crippen LogP contribution < -0.4 is 5.32 Å². The summed E-state index contributed by atoms with van der Waals surface area (Å²) in [6.07, 6.45) is 2.10. The van der Waals surface area contributed by atoms with E-state index < -0.39 is 17.8 Å². The fourth-order valence-corrected chi connectivity index (χ4v) is 4.50. The number of carbonyl (C=O) groups excluding carboxylic acids is 2. The predicted molar refractivity (Wildman–Crippen MR) is 111 cm³/mol. The Morgan fingerprint density at radius 2 is 2.17 bits per heavy atom. The number of hydrogen-bond acceptors (Lipinski definition) is 5. The first-order chi connectivity index (χ1) is 14.6. The lowest BCUT2D eigenvalue weighted by atomic mass is 10.1. The number of fused-ring (bicyclic) bond motifs is 1. The van der Waals surface area contributed by atoms with Crippen molar-refractivity contribution < 1.29 is 18.5 Å². The molecular weight excluding hydrogens is 405 g/mol. The molecule has 8 heteroatoms. The van der Waals surface area contributed by atoms with Gasteiger partial charge in [-0.05, 0) is 42.0 Å². The smallest absolute Gasteiger partial charge is 0.274 e. The number of nitrogens with one attached hydrogen (secondary N) is 1. The summed E-state index contributed by atoms with van der Waals surface area (Å²) >= 11 is 1.71. The summed E-state index contributed by atoms with van der Waals surface area (Å²) in [5, 5.41) is 8.59. The van der Waals surface area contributed by atoms with E-state index in [4.69, 9.17) is 4.52 Å². The Labute approximate surface area is 177 Å². The lowest BCUT2D eigenvalue weighted by molar-refractivity contribution is -0.134. The van der Waals surface area contributed by atoms with Crippen LogP contribution in [0.15, 0.2) is 46.3 Å². The van der Waals surface area contributed by atoms with Crippen LogP contribution in [0, 0.1) is 5.82 Å². The Kier molecular flexibility index (Phi) is 5.94. The molecule has 6 nitrogen and oxygen atoms in total. The Morgan fingerprint density at radius 1 is 1.33 bits per heavy atom. The number of aromatic nitrogens is 1. The largest absolute Gasteiger partial charge is 0.355 e. The number of amides is 2. The summed E-state index contributed by atoms with van der Waals surface area (Å²) in [6, 6.07) is 8.90. The zero-order valence-electron chi connectivity index (χ0n) is 16.6. The molecule has 0 fully saturated rings. The van der Waals surface area contributed by atoms with Gasteiger partial charge in [-0.3, -0.25) is 9.59 Å². The standard InChI is InChI=1S/C22H22FN3O3S/c1-2-5-17(22(28)26-10-8-20-14(13-26)9-11-30-20)24-21(27)18-12-19(29-25-18)15-6-3-4-7-16(15)23/h3-4,6-7,9,11-12,17H,2,5,8,10,13H2,1H3,(H,24,27). The van der Waals surface area contributed by atoms with Crippen molar-refractivity contribution in [3.05, 3.63) is 63.7 Å². The maximum Gasteiger partial charge on any atom is 0.274 e. The summed E-state index contributed by atoms with van der Waals surface area (Å²) in [4.78, 5) is 28.9. The van der Waals surface area contributed by atoms with Crippen molar-refractivity contribution in [2.24, 2.45) is 0 Å². The van der Waals surface area contributed by atoms with E-state index in [9.17, 15) is 14.0 Å². The molecule has 1 unspecified atom stereocenters. The molecule has 0 aliphatic carbocycles. The van der Waals surface area contributed by atoms with Gasteiger partial charge >= 0.3 is 0 Å². The highest BCUT2D eigenvalue weighted by molar-refractivity contribution is 7.10. The van der Waals surface area contributed by atoms with Crippen LogP contribution in [-0.4, -0.2) is 34.5 Å². The molecule has 2 amide bonds. The van der Waals surface area contributed by atoms with Crippen LogP contribution in [0.2, 0.25) is 0 Å². The van der Waals surface area contributed by atoms with Crippen LogP contribution >= 0.6 is 11.3 Å². The van der Waals surface area contributed by atoms with Gasteiger partial charge in [-0.2, -0.15) is 0 Å². The van der Waals surface area contributed by atoms with Gasteiger partial charge in [0.05, 0.1) is 5.56 Å². The average Bonchev–Trinajstić information content (AvgIpc) is 3.42.